The molecular formula is C21H22F2N2O2. The van der Waals surface area contributed by atoms with Crippen molar-refractivity contribution >= 4 is 11.6 Å². The normalized spacial score (nSPS) is 27.5. The fraction of sp³-hybridized carbons (Fsp3) is 0.381. The van der Waals surface area contributed by atoms with Gasteiger partial charge in [-0.3, -0.25) is 9.69 Å². The lowest BCUT2D eigenvalue weighted by Gasteiger charge is -2.43. The standard InChI is InChI=1S/C21H22F2N2O2/c22-15-3-1-14(2-4-15)21(27)11-18-9-10-19(12-21)25(18)13-20(26)24-17-7-5-16(23)6-8-17/h1-8,18-19,27H,9-13H2,(H,24,26)/t18-,19-/m1/s1. The minimum absolute atomic E-state index is 0.109. The van der Waals surface area contributed by atoms with Crippen molar-refractivity contribution in [1.29, 1.82) is 0 Å². The van der Waals surface area contributed by atoms with Crippen molar-refractivity contribution < 1.29 is 18.7 Å². The molecule has 27 heavy (non-hydrogen) atoms. The summed E-state index contributed by atoms with van der Waals surface area (Å²) in [6.45, 7) is 0.242. The van der Waals surface area contributed by atoms with Crippen LogP contribution in [0.25, 0.3) is 0 Å². The smallest absolute Gasteiger partial charge is 0.238 e. The van der Waals surface area contributed by atoms with Crippen molar-refractivity contribution in [3.63, 3.8) is 0 Å². The number of nitrogens with zero attached hydrogens (tertiary/aromatic N) is 1. The Bertz CT molecular complexity index is 809. The highest BCUT2D eigenvalue weighted by molar-refractivity contribution is 5.92. The SMILES string of the molecule is O=C(CN1[C@@H]2CC[C@@H]1CC(O)(c1ccc(F)cc1)C2)Nc1ccc(F)cc1. The summed E-state index contributed by atoms with van der Waals surface area (Å²) in [5, 5.41) is 13.9. The van der Waals surface area contributed by atoms with Crippen LogP contribution in [0.4, 0.5) is 14.5 Å². The van der Waals surface area contributed by atoms with E-state index in [1.165, 1.54) is 36.4 Å². The average molecular weight is 372 g/mol. The highest BCUT2D eigenvalue weighted by Crippen LogP contribution is 2.45. The molecule has 4 nitrogen and oxygen atoms in total. The van der Waals surface area contributed by atoms with Gasteiger partial charge in [0, 0.05) is 17.8 Å². The van der Waals surface area contributed by atoms with Crippen LogP contribution >= 0.6 is 0 Å². The van der Waals surface area contributed by atoms with Gasteiger partial charge in [0.1, 0.15) is 11.6 Å². The van der Waals surface area contributed by atoms with Crippen LogP contribution < -0.4 is 5.32 Å². The van der Waals surface area contributed by atoms with Crippen LogP contribution in [0.2, 0.25) is 0 Å². The Hall–Kier alpha value is -2.31. The average Bonchev–Trinajstić information content (AvgIpc) is 2.87. The predicted octanol–water partition coefficient (Wildman–Crippen LogP) is 3.42. The molecule has 0 unspecified atom stereocenters. The Morgan fingerprint density at radius 3 is 2.07 bits per heavy atom. The van der Waals surface area contributed by atoms with Gasteiger partial charge in [-0.05, 0) is 67.6 Å². The molecule has 0 aliphatic carbocycles. The number of piperidine rings is 1. The van der Waals surface area contributed by atoms with Crippen molar-refractivity contribution in [2.75, 3.05) is 11.9 Å². The highest BCUT2D eigenvalue weighted by Gasteiger charge is 2.48. The van der Waals surface area contributed by atoms with Crippen LogP contribution in [0.3, 0.4) is 0 Å². The quantitative estimate of drug-likeness (QED) is 0.865. The van der Waals surface area contributed by atoms with Gasteiger partial charge in [-0.25, -0.2) is 8.78 Å². The molecule has 0 saturated carbocycles. The molecule has 2 N–H and O–H groups in total. The number of halogens is 2. The number of hydrogen-bond acceptors (Lipinski definition) is 3. The van der Waals surface area contributed by atoms with Crippen LogP contribution in [0, 0.1) is 11.6 Å². The Morgan fingerprint density at radius 1 is 1.00 bits per heavy atom. The zero-order chi connectivity index (χ0) is 19.0. The summed E-state index contributed by atoms with van der Waals surface area (Å²) in [6, 6.07) is 11.9. The fourth-order valence-corrected chi connectivity index (χ4v) is 4.47. The van der Waals surface area contributed by atoms with Gasteiger partial charge in [-0.2, -0.15) is 0 Å². The molecule has 2 aliphatic rings. The number of anilines is 1. The second-order valence-corrected chi connectivity index (χ2v) is 7.56. The summed E-state index contributed by atoms with van der Waals surface area (Å²) in [6.07, 6.45) is 2.91. The predicted molar refractivity (Wildman–Crippen MR) is 98.1 cm³/mol. The van der Waals surface area contributed by atoms with Crippen LogP contribution in [-0.4, -0.2) is 34.5 Å². The van der Waals surface area contributed by atoms with Crippen molar-refractivity contribution in [2.24, 2.45) is 0 Å². The third kappa shape index (κ3) is 3.73. The van der Waals surface area contributed by atoms with E-state index in [1.807, 2.05) is 0 Å². The number of rotatable bonds is 4. The van der Waals surface area contributed by atoms with Crippen molar-refractivity contribution in [3.8, 4) is 0 Å². The van der Waals surface area contributed by atoms with Crippen LogP contribution in [0.5, 0.6) is 0 Å². The number of fused-ring (bicyclic) bond motifs is 2. The van der Waals surface area contributed by atoms with Crippen molar-refractivity contribution in [3.05, 3.63) is 65.7 Å². The molecule has 2 saturated heterocycles. The number of amides is 1. The molecule has 2 fully saturated rings. The van der Waals surface area contributed by atoms with Gasteiger partial charge in [-0.1, -0.05) is 12.1 Å². The summed E-state index contributed by atoms with van der Waals surface area (Å²) in [5.74, 6) is -0.812. The van der Waals surface area contributed by atoms with E-state index >= 15 is 0 Å². The van der Waals surface area contributed by atoms with E-state index in [1.54, 1.807) is 12.1 Å². The summed E-state index contributed by atoms with van der Waals surface area (Å²) in [7, 11) is 0. The monoisotopic (exact) mass is 372 g/mol. The first-order valence-electron chi connectivity index (χ1n) is 9.22. The molecule has 142 valence electrons. The Kier molecular flexibility index (Phi) is 4.70. The first-order chi connectivity index (χ1) is 12.9. The van der Waals surface area contributed by atoms with Crippen LogP contribution in [0.15, 0.2) is 48.5 Å². The molecule has 0 spiro atoms. The summed E-state index contributed by atoms with van der Waals surface area (Å²) >= 11 is 0. The molecule has 2 aliphatic heterocycles. The number of benzene rings is 2. The van der Waals surface area contributed by atoms with E-state index in [9.17, 15) is 18.7 Å². The lowest BCUT2D eigenvalue weighted by molar-refractivity contribution is -0.121. The Morgan fingerprint density at radius 2 is 1.52 bits per heavy atom. The van der Waals surface area contributed by atoms with E-state index in [2.05, 4.69) is 10.2 Å². The van der Waals surface area contributed by atoms with Gasteiger partial charge < -0.3 is 10.4 Å². The third-order valence-corrected chi connectivity index (χ3v) is 5.75. The topological polar surface area (TPSA) is 52.6 Å². The number of aliphatic hydroxyl groups is 1. The fourth-order valence-electron chi connectivity index (χ4n) is 4.47. The van der Waals surface area contributed by atoms with Gasteiger partial charge in [0.05, 0.1) is 12.1 Å². The third-order valence-electron chi connectivity index (χ3n) is 5.75. The second kappa shape index (κ2) is 7.02. The van der Waals surface area contributed by atoms with Crippen LogP contribution in [0.1, 0.15) is 31.2 Å². The van der Waals surface area contributed by atoms with E-state index in [-0.39, 0.29) is 36.2 Å². The minimum Gasteiger partial charge on any atom is -0.385 e. The maximum atomic E-state index is 13.2. The molecule has 0 radical (unpaired) electrons. The molecule has 2 heterocycles. The summed E-state index contributed by atoms with van der Waals surface area (Å²) in [5.41, 5.74) is 0.313. The maximum Gasteiger partial charge on any atom is 0.238 e. The molecule has 2 bridgehead atoms. The van der Waals surface area contributed by atoms with Gasteiger partial charge >= 0.3 is 0 Å². The van der Waals surface area contributed by atoms with E-state index in [0.29, 0.717) is 18.5 Å². The van der Waals surface area contributed by atoms with Gasteiger partial charge in [0.2, 0.25) is 5.91 Å². The first-order valence-corrected chi connectivity index (χ1v) is 9.22. The van der Waals surface area contributed by atoms with Crippen molar-refractivity contribution in [2.45, 2.75) is 43.4 Å². The molecule has 0 aromatic heterocycles. The van der Waals surface area contributed by atoms with E-state index in [0.717, 1.165) is 18.4 Å². The highest BCUT2D eigenvalue weighted by atomic mass is 19.1. The summed E-state index contributed by atoms with van der Waals surface area (Å²) in [4.78, 5) is 14.6. The Labute approximate surface area is 156 Å². The molecule has 2 atom stereocenters. The van der Waals surface area contributed by atoms with Gasteiger partial charge in [-0.15, -0.1) is 0 Å². The number of nitrogens with one attached hydrogen (secondary N) is 1. The molecule has 2 aromatic carbocycles. The van der Waals surface area contributed by atoms with Crippen molar-refractivity contribution in [1.82, 2.24) is 4.90 Å². The summed E-state index contributed by atoms with van der Waals surface area (Å²) < 4.78 is 26.2. The molecule has 4 rings (SSSR count). The minimum atomic E-state index is -0.983. The number of carbonyl (C=O) groups excluding carboxylic acids is 1. The number of hydrogen-bond donors (Lipinski definition) is 2. The van der Waals surface area contributed by atoms with Crippen LogP contribution in [-0.2, 0) is 10.4 Å². The zero-order valence-corrected chi connectivity index (χ0v) is 14.9. The Balaban J connectivity index is 1.42. The lowest BCUT2D eigenvalue weighted by Crippen LogP contribution is -2.51. The molecule has 6 heteroatoms. The zero-order valence-electron chi connectivity index (χ0n) is 14.9. The largest absolute Gasteiger partial charge is 0.385 e. The number of carbonyl (C=O) groups is 1. The van der Waals surface area contributed by atoms with E-state index in [4.69, 9.17) is 0 Å². The molecule has 2 aromatic rings. The van der Waals surface area contributed by atoms with E-state index < -0.39 is 5.60 Å². The molecule has 1 amide bonds. The lowest BCUT2D eigenvalue weighted by atomic mass is 9.80. The maximum absolute atomic E-state index is 13.2. The second-order valence-electron chi connectivity index (χ2n) is 7.56. The first kappa shape index (κ1) is 18.1. The van der Waals surface area contributed by atoms with Gasteiger partial charge in [0.15, 0.2) is 0 Å². The van der Waals surface area contributed by atoms with Gasteiger partial charge in [0.25, 0.3) is 0 Å². The molecular weight excluding hydrogens is 350 g/mol.